The van der Waals surface area contributed by atoms with E-state index in [2.05, 4.69) is 6.92 Å². The topological polar surface area (TPSA) is 17.1 Å². The molecule has 0 aliphatic heterocycles. The number of aldehydes is 1. The fraction of sp³-hybridized carbons (Fsp3) is 0.625. The van der Waals surface area contributed by atoms with Crippen molar-refractivity contribution in [3.8, 4) is 0 Å². The predicted octanol–water partition coefficient (Wildman–Crippen LogP) is 1.96. The van der Waals surface area contributed by atoms with Crippen LogP contribution in [0.15, 0.2) is 10.6 Å². The average Bonchev–Trinajstić information content (AvgIpc) is 2.45. The van der Waals surface area contributed by atoms with Crippen molar-refractivity contribution in [1.29, 1.82) is 0 Å². The third-order valence-electron chi connectivity index (χ3n) is 2.78. The van der Waals surface area contributed by atoms with Gasteiger partial charge in [0.05, 0.1) is 0 Å². The lowest BCUT2D eigenvalue weighted by Gasteiger charge is -1.96. The summed E-state index contributed by atoms with van der Waals surface area (Å²) in [4.78, 5) is 10.5. The van der Waals surface area contributed by atoms with Gasteiger partial charge in [0.1, 0.15) is 6.29 Å². The normalized spacial score (nSPS) is 43.6. The van der Waals surface area contributed by atoms with Crippen molar-refractivity contribution >= 4 is 17.9 Å². The molecule has 0 bridgehead atoms. The van der Waals surface area contributed by atoms with Gasteiger partial charge < -0.3 is 0 Å². The summed E-state index contributed by atoms with van der Waals surface area (Å²) in [5, 5.41) is 0.808. The zero-order valence-electron chi connectivity index (χ0n) is 5.80. The first-order valence-electron chi connectivity index (χ1n) is 3.59. The summed E-state index contributed by atoms with van der Waals surface area (Å²) >= 11 is 5.82. The molecule has 2 heteroatoms. The first kappa shape index (κ1) is 6.41. The molecule has 0 aromatic carbocycles. The Morgan fingerprint density at radius 3 is 2.80 bits per heavy atom. The second-order valence-corrected chi connectivity index (χ2v) is 3.69. The molecular formula is C8H9ClO. The molecule has 3 atom stereocenters. The molecule has 10 heavy (non-hydrogen) atoms. The summed E-state index contributed by atoms with van der Waals surface area (Å²) in [6.07, 6.45) is 1.87. The second kappa shape index (κ2) is 1.85. The third-order valence-corrected chi connectivity index (χ3v) is 3.15. The van der Waals surface area contributed by atoms with E-state index < -0.39 is 0 Å². The van der Waals surface area contributed by atoms with Crippen LogP contribution in [0.2, 0.25) is 0 Å². The van der Waals surface area contributed by atoms with Crippen molar-refractivity contribution in [1.82, 2.24) is 0 Å². The monoisotopic (exact) mass is 156 g/mol. The van der Waals surface area contributed by atoms with Crippen molar-refractivity contribution in [2.24, 2.45) is 17.8 Å². The van der Waals surface area contributed by atoms with Gasteiger partial charge in [-0.3, -0.25) is 4.79 Å². The van der Waals surface area contributed by atoms with Gasteiger partial charge in [0.2, 0.25) is 0 Å². The minimum absolute atomic E-state index is 0.519. The van der Waals surface area contributed by atoms with E-state index in [4.69, 9.17) is 11.6 Å². The van der Waals surface area contributed by atoms with E-state index in [0.717, 1.165) is 23.3 Å². The van der Waals surface area contributed by atoms with Crippen LogP contribution < -0.4 is 0 Å². The van der Waals surface area contributed by atoms with Crippen molar-refractivity contribution < 1.29 is 4.79 Å². The molecule has 1 saturated carbocycles. The minimum atomic E-state index is 0.519. The van der Waals surface area contributed by atoms with Gasteiger partial charge in [0.15, 0.2) is 0 Å². The van der Waals surface area contributed by atoms with Crippen molar-refractivity contribution in [3.05, 3.63) is 10.6 Å². The number of hydrogen-bond donors (Lipinski definition) is 0. The molecule has 2 aliphatic rings. The molecule has 1 nitrogen and oxygen atoms in total. The first-order valence-corrected chi connectivity index (χ1v) is 3.97. The summed E-state index contributed by atoms with van der Waals surface area (Å²) in [5.74, 6) is 1.93. The van der Waals surface area contributed by atoms with Crippen molar-refractivity contribution in [3.63, 3.8) is 0 Å². The molecule has 1 fully saturated rings. The smallest absolute Gasteiger partial charge is 0.147 e. The molecule has 0 amide bonds. The van der Waals surface area contributed by atoms with Crippen LogP contribution in [0.25, 0.3) is 0 Å². The van der Waals surface area contributed by atoms with Gasteiger partial charge in [-0.1, -0.05) is 18.5 Å². The molecule has 0 saturated heterocycles. The Hall–Kier alpha value is -0.300. The summed E-state index contributed by atoms with van der Waals surface area (Å²) in [5.41, 5.74) is 0.874. The molecule has 2 aliphatic carbocycles. The molecule has 1 unspecified atom stereocenters. The Labute approximate surface area is 65.1 Å². The predicted molar refractivity (Wildman–Crippen MR) is 39.7 cm³/mol. The van der Waals surface area contributed by atoms with E-state index in [1.165, 1.54) is 0 Å². The Morgan fingerprint density at radius 2 is 2.40 bits per heavy atom. The van der Waals surface area contributed by atoms with Crippen LogP contribution in [0.5, 0.6) is 0 Å². The summed E-state index contributed by atoms with van der Waals surface area (Å²) in [7, 11) is 0. The van der Waals surface area contributed by atoms with E-state index in [0.29, 0.717) is 17.8 Å². The third kappa shape index (κ3) is 0.615. The highest BCUT2D eigenvalue weighted by atomic mass is 35.5. The lowest BCUT2D eigenvalue weighted by molar-refractivity contribution is -0.105. The zero-order valence-corrected chi connectivity index (χ0v) is 6.56. The van der Waals surface area contributed by atoms with Crippen LogP contribution in [0.1, 0.15) is 13.3 Å². The molecule has 54 valence electrons. The Kier molecular flexibility index (Phi) is 1.19. The van der Waals surface area contributed by atoms with Crippen LogP contribution in [-0.4, -0.2) is 6.29 Å². The largest absolute Gasteiger partial charge is 0.298 e. The highest BCUT2D eigenvalue weighted by molar-refractivity contribution is 6.31. The Bertz CT molecular complexity index is 219. The first-order chi connectivity index (χ1) is 4.75. The second-order valence-electron chi connectivity index (χ2n) is 3.23. The number of allylic oxidation sites excluding steroid dienone is 2. The number of carbonyl (C=O) groups is 1. The molecule has 0 N–H and O–H groups in total. The van der Waals surface area contributed by atoms with E-state index in [1.807, 2.05) is 0 Å². The maximum absolute atomic E-state index is 10.5. The molecule has 0 radical (unpaired) electrons. The average molecular weight is 157 g/mol. The van der Waals surface area contributed by atoms with E-state index in [1.54, 1.807) is 0 Å². The van der Waals surface area contributed by atoms with E-state index in [-0.39, 0.29) is 0 Å². The van der Waals surface area contributed by atoms with Crippen molar-refractivity contribution in [2.45, 2.75) is 13.3 Å². The maximum atomic E-state index is 10.5. The van der Waals surface area contributed by atoms with Gasteiger partial charge in [-0.15, -0.1) is 0 Å². The van der Waals surface area contributed by atoms with Crippen molar-refractivity contribution in [2.75, 3.05) is 0 Å². The highest BCUT2D eigenvalue weighted by Gasteiger charge is 2.53. The fourth-order valence-corrected chi connectivity index (χ4v) is 2.37. The summed E-state index contributed by atoms with van der Waals surface area (Å²) in [6.45, 7) is 2.18. The van der Waals surface area contributed by atoms with Crippen LogP contribution in [0, 0.1) is 17.8 Å². The van der Waals surface area contributed by atoms with E-state index >= 15 is 0 Å². The molecule has 2 rings (SSSR count). The molecule has 0 spiro atoms. The Balaban J connectivity index is 2.28. The van der Waals surface area contributed by atoms with Crippen LogP contribution in [0.4, 0.5) is 0 Å². The highest BCUT2D eigenvalue weighted by Crippen LogP contribution is 2.59. The summed E-state index contributed by atoms with van der Waals surface area (Å²) < 4.78 is 0. The lowest BCUT2D eigenvalue weighted by Crippen LogP contribution is -1.89. The quantitative estimate of drug-likeness (QED) is 0.531. The van der Waals surface area contributed by atoms with Gasteiger partial charge in [0.25, 0.3) is 0 Å². The van der Waals surface area contributed by atoms with Gasteiger partial charge in [0, 0.05) is 10.6 Å². The zero-order chi connectivity index (χ0) is 7.30. The lowest BCUT2D eigenvalue weighted by atomic mass is 10.1. The number of hydrogen-bond acceptors (Lipinski definition) is 1. The number of fused-ring (bicyclic) bond motifs is 1. The number of rotatable bonds is 1. The Morgan fingerprint density at radius 1 is 1.70 bits per heavy atom. The maximum Gasteiger partial charge on any atom is 0.147 e. The number of carbonyl (C=O) groups excluding carboxylic acids is 1. The minimum Gasteiger partial charge on any atom is -0.298 e. The van der Waals surface area contributed by atoms with Gasteiger partial charge in [-0.05, 0) is 24.2 Å². The van der Waals surface area contributed by atoms with Gasteiger partial charge in [-0.2, -0.15) is 0 Å². The van der Waals surface area contributed by atoms with Gasteiger partial charge >= 0.3 is 0 Å². The number of halogens is 1. The van der Waals surface area contributed by atoms with Crippen LogP contribution in [0.3, 0.4) is 0 Å². The standard InChI is InChI=1S/C8H9ClO/c1-4-5-2-7(9)6(3-10)8(4)5/h3-5,8H,2H2,1H3/t4?,5-,8+/m1/s1. The molecule has 0 aromatic heterocycles. The molecular weight excluding hydrogens is 148 g/mol. The van der Waals surface area contributed by atoms with Crippen LogP contribution in [-0.2, 0) is 4.79 Å². The van der Waals surface area contributed by atoms with Crippen LogP contribution >= 0.6 is 11.6 Å². The molecule has 0 aromatic rings. The SMILES string of the molecule is CC1[C@H]2CC(Cl)=C(C=O)[C@@H]12. The summed E-state index contributed by atoms with van der Waals surface area (Å²) in [6, 6.07) is 0. The fourth-order valence-electron chi connectivity index (χ4n) is 2.02. The van der Waals surface area contributed by atoms with E-state index in [9.17, 15) is 4.79 Å². The molecule has 0 heterocycles. The van der Waals surface area contributed by atoms with Gasteiger partial charge in [-0.25, -0.2) is 0 Å².